The van der Waals surface area contributed by atoms with Crippen LogP contribution in [0.2, 0.25) is 0 Å². The summed E-state index contributed by atoms with van der Waals surface area (Å²) in [6.07, 6.45) is 0. The Labute approximate surface area is 178 Å². The molecule has 0 radical (unpaired) electrons. The molecular formula is C18H26Cl2N4O3S. The first-order valence-corrected chi connectivity index (χ1v) is 9.65. The molecule has 0 saturated heterocycles. The molecule has 2 aromatic rings. The second-order valence-corrected chi connectivity index (χ2v) is 7.75. The third kappa shape index (κ3) is 7.05. The lowest BCUT2D eigenvalue weighted by Gasteiger charge is -2.24. The molecular weight excluding hydrogens is 423 g/mol. The topological polar surface area (TPSA) is 105 Å². The normalized spacial score (nSPS) is 11.9. The predicted molar refractivity (Wildman–Crippen MR) is 117 cm³/mol. The summed E-state index contributed by atoms with van der Waals surface area (Å²) in [5, 5.41) is 2.79. The Morgan fingerprint density at radius 2 is 1.71 bits per heavy atom. The van der Waals surface area contributed by atoms with Crippen molar-refractivity contribution in [3.63, 3.8) is 0 Å². The minimum Gasteiger partial charge on any atom is -0.329 e. The van der Waals surface area contributed by atoms with Crippen LogP contribution in [-0.4, -0.2) is 46.4 Å². The fourth-order valence-electron chi connectivity index (χ4n) is 2.55. The van der Waals surface area contributed by atoms with E-state index < -0.39 is 16.1 Å². The van der Waals surface area contributed by atoms with Gasteiger partial charge in [-0.15, -0.1) is 24.8 Å². The molecule has 1 atom stereocenters. The fourth-order valence-corrected chi connectivity index (χ4v) is 3.64. The first-order chi connectivity index (χ1) is 12.3. The Balaban J connectivity index is 0.00000364. The highest BCUT2D eigenvalue weighted by Gasteiger charge is 2.23. The molecule has 1 amide bonds. The van der Waals surface area contributed by atoms with Crippen LogP contribution < -0.4 is 15.8 Å². The van der Waals surface area contributed by atoms with Gasteiger partial charge in [-0.05, 0) is 37.9 Å². The molecule has 1 unspecified atom stereocenters. The van der Waals surface area contributed by atoms with Crippen LogP contribution in [0.15, 0.2) is 59.5 Å². The molecule has 10 heteroatoms. The Morgan fingerprint density at radius 3 is 2.29 bits per heavy atom. The number of hydrogen-bond acceptors (Lipinski definition) is 5. The summed E-state index contributed by atoms with van der Waals surface area (Å²) in [6.45, 7) is 0.354. The van der Waals surface area contributed by atoms with Gasteiger partial charge in [0.05, 0.1) is 4.90 Å². The highest BCUT2D eigenvalue weighted by Crippen LogP contribution is 2.21. The molecule has 4 N–H and O–H groups in total. The number of carbonyl (C=O) groups is 1. The molecule has 0 aliphatic rings. The number of carbonyl (C=O) groups excluding carboxylic acids is 1. The summed E-state index contributed by atoms with van der Waals surface area (Å²) in [6, 6.07) is 15.0. The number of nitrogens with two attached hydrogens (primary N) is 1. The summed E-state index contributed by atoms with van der Waals surface area (Å²) in [7, 11) is -0.0325. The standard InChI is InChI=1S/C18H24N4O3S.2ClH/c1-22(2)17(14-7-4-3-5-8-14)18(23)21-15-9-6-10-16(13-15)26(24,25)20-12-11-19;;/h3-10,13,17,20H,11-12,19H2,1-2H3,(H,21,23);2*1H. The number of rotatable bonds is 8. The van der Waals surface area contributed by atoms with Gasteiger partial charge >= 0.3 is 0 Å². The number of sulfonamides is 1. The molecule has 0 aliphatic heterocycles. The molecule has 7 nitrogen and oxygen atoms in total. The summed E-state index contributed by atoms with van der Waals surface area (Å²) in [5.41, 5.74) is 6.60. The molecule has 0 bridgehead atoms. The van der Waals surface area contributed by atoms with Gasteiger partial charge in [0.2, 0.25) is 15.9 Å². The minimum atomic E-state index is -3.66. The maximum absolute atomic E-state index is 12.8. The van der Waals surface area contributed by atoms with Gasteiger partial charge in [0.25, 0.3) is 0 Å². The van der Waals surface area contributed by atoms with Crippen LogP contribution >= 0.6 is 24.8 Å². The number of anilines is 1. The number of nitrogens with one attached hydrogen (secondary N) is 2. The van der Waals surface area contributed by atoms with Gasteiger partial charge in [-0.25, -0.2) is 13.1 Å². The smallest absolute Gasteiger partial charge is 0.246 e. The SMILES string of the molecule is CN(C)C(C(=O)Nc1cccc(S(=O)(=O)NCCN)c1)c1ccccc1.Cl.Cl. The van der Waals surface area contributed by atoms with E-state index >= 15 is 0 Å². The first-order valence-electron chi connectivity index (χ1n) is 8.17. The Bertz CT molecular complexity index is 849. The van der Waals surface area contributed by atoms with Crippen molar-refractivity contribution in [1.82, 2.24) is 9.62 Å². The molecule has 0 aromatic heterocycles. The predicted octanol–water partition coefficient (Wildman–Crippen LogP) is 2.01. The third-order valence-corrected chi connectivity index (χ3v) is 5.19. The van der Waals surface area contributed by atoms with Gasteiger partial charge in [0.1, 0.15) is 6.04 Å². The van der Waals surface area contributed by atoms with Gasteiger partial charge < -0.3 is 11.1 Å². The second kappa shape index (κ2) is 12.0. The molecule has 2 aromatic carbocycles. The lowest BCUT2D eigenvalue weighted by atomic mass is 10.1. The number of amides is 1. The van der Waals surface area contributed by atoms with Crippen LogP contribution in [-0.2, 0) is 14.8 Å². The van der Waals surface area contributed by atoms with Crippen LogP contribution in [0.3, 0.4) is 0 Å². The van der Waals surface area contributed by atoms with Crippen molar-refractivity contribution >= 4 is 46.4 Å². The van der Waals surface area contributed by atoms with E-state index in [9.17, 15) is 13.2 Å². The fraction of sp³-hybridized carbons (Fsp3) is 0.278. The van der Waals surface area contributed by atoms with Crippen molar-refractivity contribution in [2.45, 2.75) is 10.9 Å². The van der Waals surface area contributed by atoms with Crippen LogP contribution in [0.5, 0.6) is 0 Å². The van der Waals surface area contributed by atoms with Crippen molar-refractivity contribution in [3.8, 4) is 0 Å². The average molecular weight is 449 g/mol. The maximum Gasteiger partial charge on any atom is 0.246 e. The van der Waals surface area contributed by atoms with Gasteiger partial charge in [-0.3, -0.25) is 9.69 Å². The van der Waals surface area contributed by atoms with Crippen molar-refractivity contribution < 1.29 is 13.2 Å². The Kier molecular flexibility index (Phi) is 11.3. The largest absolute Gasteiger partial charge is 0.329 e. The lowest BCUT2D eigenvalue weighted by molar-refractivity contribution is -0.120. The number of benzene rings is 2. The van der Waals surface area contributed by atoms with Gasteiger partial charge in [-0.1, -0.05) is 36.4 Å². The monoisotopic (exact) mass is 448 g/mol. The van der Waals surface area contributed by atoms with Crippen LogP contribution in [0, 0.1) is 0 Å². The summed E-state index contributed by atoms with van der Waals surface area (Å²) in [5.74, 6) is -0.245. The molecule has 156 valence electrons. The highest BCUT2D eigenvalue weighted by atomic mass is 35.5. The first kappa shape index (κ1) is 26.3. The number of nitrogens with zero attached hydrogens (tertiary/aromatic N) is 1. The Hall–Kier alpha value is -1.68. The zero-order valence-electron chi connectivity index (χ0n) is 15.7. The molecule has 2 rings (SSSR count). The molecule has 0 saturated carbocycles. The number of halogens is 2. The summed E-state index contributed by atoms with van der Waals surface area (Å²) < 4.78 is 26.8. The van der Waals surface area contributed by atoms with E-state index in [2.05, 4.69) is 10.0 Å². The minimum absolute atomic E-state index is 0. The lowest BCUT2D eigenvalue weighted by Crippen LogP contribution is -2.32. The van der Waals surface area contributed by atoms with E-state index in [1.54, 1.807) is 17.0 Å². The van der Waals surface area contributed by atoms with Crippen molar-refractivity contribution in [2.24, 2.45) is 5.73 Å². The van der Waals surface area contributed by atoms with E-state index in [4.69, 9.17) is 5.73 Å². The Morgan fingerprint density at radius 1 is 1.07 bits per heavy atom. The molecule has 0 heterocycles. The zero-order valence-corrected chi connectivity index (χ0v) is 18.1. The third-order valence-electron chi connectivity index (χ3n) is 3.73. The van der Waals surface area contributed by atoms with E-state index in [1.165, 1.54) is 12.1 Å². The van der Waals surface area contributed by atoms with Gasteiger partial charge in [0, 0.05) is 18.8 Å². The van der Waals surface area contributed by atoms with Crippen molar-refractivity contribution in [1.29, 1.82) is 0 Å². The quantitative estimate of drug-likeness (QED) is 0.572. The van der Waals surface area contributed by atoms with Gasteiger partial charge in [-0.2, -0.15) is 0 Å². The van der Waals surface area contributed by atoms with Crippen molar-refractivity contribution in [3.05, 3.63) is 60.2 Å². The zero-order chi connectivity index (χ0) is 19.2. The number of likely N-dealkylation sites (N-methyl/N-ethyl adjacent to an activating group) is 1. The number of hydrogen-bond donors (Lipinski definition) is 3. The summed E-state index contributed by atoms with van der Waals surface area (Å²) >= 11 is 0. The molecule has 0 spiro atoms. The van der Waals surface area contributed by atoms with Crippen molar-refractivity contribution in [2.75, 3.05) is 32.5 Å². The average Bonchev–Trinajstić information content (AvgIpc) is 2.61. The second-order valence-electron chi connectivity index (χ2n) is 5.98. The van der Waals surface area contributed by atoms with E-state index in [0.717, 1.165) is 5.56 Å². The highest BCUT2D eigenvalue weighted by molar-refractivity contribution is 7.89. The van der Waals surface area contributed by atoms with Crippen LogP contribution in [0.25, 0.3) is 0 Å². The molecule has 28 heavy (non-hydrogen) atoms. The summed E-state index contributed by atoms with van der Waals surface area (Å²) in [4.78, 5) is 14.6. The maximum atomic E-state index is 12.8. The van der Waals surface area contributed by atoms with E-state index in [-0.39, 0.29) is 48.7 Å². The van der Waals surface area contributed by atoms with Gasteiger partial charge in [0.15, 0.2) is 0 Å². The van der Waals surface area contributed by atoms with Crippen LogP contribution in [0.4, 0.5) is 5.69 Å². The molecule has 0 fully saturated rings. The van der Waals surface area contributed by atoms with E-state index in [0.29, 0.717) is 5.69 Å². The van der Waals surface area contributed by atoms with E-state index in [1.807, 2.05) is 44.4 Å². The van der Waals surface area contributed by atoms with Crippen LogP contribution in [0.1, 0.15) is 11.6 Å². The molecule has 0 aliphatic carbocycles.